The number of ether oxygens (including phenoxy) is 1. The number of unbranched alkanes of at least 4 members (excludes halogenated alkanes) is 4. The predicted molar refractivity (Wildman–Crippen MR) is 70.2 cm³/mol. The van der Waals surface area contributed by atoms with Crippen LogP contribution in [0.2, 0.25) is 0 Å². The van der Waals surface area contributed by atoms with E-state index in [0.717, 1.165) is 18.4 Å². The average molecular weight is 234 g/mol. The van der Waals surface area contributed by atoms with Gasteiger partial charge in [-0.25, -0.2) is 0 Å². The van der Waals surface area contributed by atoms with Crippen LogP contribution in [0.1, 0.15) is 51.0 Å². The largest absolute Gasteiger partial charge is 0.426 e. The molecule has 0 atom stereocenters. The number of hydrogen-bond acceptors (Lipinski definition) is 2. The maximum absolute atomic E-state index is 11.6. The molecule has 0 fully saturated rings. The van der Waals surface area contributed by atoms with Crippen molar-refractivity contribution >= 4 is 5.97 Å². The molecule has 2 nitrogen and oxygen atoms in total. The molecular weight excluding hydrogens is 212 g/mol. The van der Waals surface area contributed by atoms with Crippen LogP contribution in [0.15, 0.2) is 24.3 Å². The summed E-state index contributed by atoms with van der Waals surface area (Å²) in [5.41, 5.74) is 1.01. The Hall–Kier alpha value is -1.31. The number of aryl methyl sites for hydroxylation is 1. The number of rotatable bonds is 7. The van der Waals surface area contributed by atoms with Gasteiger partial charge in [0.05, 0.1) is 0 Å². The van der Waals surface area contributed by atoms with Crippen LogP contribution >= 0.6 is 0 Å². The molecule has 0 aliphatic rings. The second kappa shape index (κ2) is 7.88. The van der Waals surface area contributed by atoms with Crippen LogP contribution in [0.25, 0.3) is 0 Å². The maximum Gasteiger partial charge on any atom is 0.311 e. The first kappa shape index (κ1) is 13.8. The Morgan fingerprint density at radius 1 is 1.12 bits per heavy atom. The Kier molecular flexibility index (Phi) is 6.38. The third-order valence-corrected chi connectivity index (χ3v) is 2.80. The fraction of sp³-hybridized carbons (Fsp3) is 0.533. The second-order valence-corrected chi connectivity index (χ2v) is 4.40. The Morgan fingerprint density at radius 2 is 1.82 bits per heavy atom. The Labute approximate surface area is 104 Å². The number of esters is 1. The highest BCUT2D eigenvalue weighted by atomic mass is 16.5. The van der Waals surface area contributed by atoms with Gasteiger partial charge in [-0.2, -0.15) is 0 Å². The topological polar surface area (TPSA) is 26.3 Å². The van der Waals surface area contributed by atoms with Gasteiger partial charge in [-0.3, -0.25) is 4.79 Å². The zero-order chi connectivity index (χ0) is 12.5. The molecule has 0 heterocycles. The SMILES string of the molecule is CCCCCCCC(=O)Oc1ccccc1C. The van der Waals surface area contributed by atoms with Gasteiger partial charge >= 0.3 is 5.97 Å². The summed E-state index contributed by atoms with van der Waals surface area (Å²) >= 11 is 0. The quantitative estimate of drug-likeness (QED) is 0.400. The molecule has 94 valence electrons. The number of carbonyl (C=O) groups is 1. The highest BCUT2D eigenvalue weighted by Crippen LogP contribution is 2.17. The maximum atomic E-state index is 11.6. The van der Waals surface area contributed by atoms with Crippen LogP contribution in [-0.2, 0) is 4.79 Å². The van der Waals surface area contributed by atoms with E-state index in [2.05, 4.69) is 6.92 Å². The van der Waals surface area contributed by atoms with Crippen molar-refractivity contribution in [2.75, 3.05) is 0 Å². The molecular formula is C15H22O2. The monoisotopic (exact) mass is 234 g/mol. The van der Waals surface area contributed by atoms with Gasteiger partial charge in [0.15, 0.2) is 0 Å². The van der Waals surface area contributed by atoms with E-state index < -0.39 is 0 Å². The molecule has 0 saturated heterocycles. The van der Waals surface area contributed by atoms with E-state index >= 15 is 0 Å². The molecule has 0 N–H and O–H groups in total. The molecule has 0 aromatic heterocycles. The molecule has 0 bridgehead atoms. The molecule has 1 aromatic rings. The molecule has 0 amide bonds. The van der Waals surface area contributed by atoms with E-state index in [4.69, 9.17) is 4.74 Å². The van der Waals surface area contributed by atoms with Gasteiger partial charge in [0, 0.05) is 6.42 Å². The lowest BCUT2D eigenvalue weighted by atomic mass is 10.1. The summed E-state index contributed by atoms with van der Waals surface area (Å²) in [6, 6.07) is 7.61. The van der Waals surface area contributed by atoms with Gasteiger partial charge in [-0.05, 0) is 25.0 Å². The molecule has 1 aromatic carbocycles. The fourth-order valence-corrected chi connectivity index (χ4v) is 1.72. The van der Waals surface area contributed by atoms with Crippen molar-refractivity contribution < 1.29 is 9.53 Å². The molecule has 0 aliphatic carbocycles. The molecule has 0 saturated carbocycles. The minimum Gasteiger partial charge on any atom is -0.426 e. The van der Waals surface area contributed by atoms with E-state index in [1.54, 1.807) is 0 Å². The van der Waals surface area contributed by atoms with Crippen LogP contribution in [-0.4, -0.2) is 5.97 Å². The number of carbonyl (C=O) groups excluding carboxylic acids is 1. The fourth-order valence-electron chi connectivity index (χ4n) is 1.72. The van der Waals surface area contributed by atoms with Crippen molar-refractivity contribution in [3.63, 3.8) is 0 Å². The van der Waals surface area contributed by atoms with Gasteiger partial charge in [0.25, 0.3) is 0 Å². The normalized spacial score (nSPS) is 10.2. The summed E-state index contributed by atoms with van der Waals surface area (Å²) in [5.74, 6) is 0.571. The Balaban J connectivity index is 2.23. The lowest BCUT2D eigenvalue weighted by Crippen LogP contribution is -2.08. The summed E-state index contributed by atoms with van der Waals surface area (Å²) in [5, 5.41) is 0. The molecule has 0 spiro atoms. The molecule has 0 unspecified atom stereocenters. The molecule has 2 heteroatoms. The van der Waals surface area contributed by atoms with Crippen molar-refractivity contribution in [3.05, 3.63) is 29.8 Å². The molecule has 0 aliphatic heterocycles. The molecule has 0 radical (unpaired) electrons. The van der Waals surface area contributed by atoms with Crippen LogP contribution in [0, 0.1) is 6.92 Å². The lowest BCUT2D eigenvalue weighted by Gasteiger charge is -2.06. The first-order chi connectivity index (χ1) is 8.24. The van der Waals surface area contributed by atoms with E-state index in [9.17, 15) is 4.79 Å². The minimum absolute atomic E-state index is 0.115. The van der Waals surface area contributed by atoms with Crippen molar-refractivity contribution in [1.82, 2.24) is 0 Å². The van der Waals surface area contributed by atoms with E-state index in [1.807, 2.05) is 31.2 Å². The number of benzene rings is 1. The number of para-hydroxylation sites is 1. The summed E-state index contributed by atoms with van der Waals surface area (Å²) in [6.07, 6.45) is 6.29. The lowest BCUT2D eigenvalue weighted by molar-refractivity contribution is -0.134. The van der Waals surface area contributed by atoms with Crippen LogP contribution in [0.5, 0.6) is 5.75 Å². The van der Waals surface area contributed by atoms with Crippen molar-refractivity contribution in [2.45, 2.75) is 52.4 Å². The van der Waals surface area contributed by atoms with Gasteiger partial charge in [-0.1, -0.05) is 50.8 Å². The Bertz CT molecular complexity index is 345. The third kappa shape index (κ3) is 5.53. The third-order valence-electron chi connectivity index (χ3n) is 2.80. The zero-order valence-corrected chi connectivity index (χ0v) is 10.9. The predicted octanol–water partition coefficient (Wildman–Crippen LogP) is 4.26. The summed E-state index contributed by atoms with van der Waals surface area (Å²) in [7, 11) is 0. The average Bonchev–Trinajstić information content (AvgIpc) is 2.32. The van der Waals surface area contributed by atoms with E-state index in [-0.39, 0.29) is 5.97 Å². The summed E-state index contributed by atoms with van der Waals surface area (Å²) < 4.78 is 5.31. The minimum atomic E-state index is -0.115. The summed E-state index contributed by atoms with van der Waals surface area (Å²) in [4.78, 5) is 11.6. The van der Waals surface area contributed by atoms with Gasteiger partial charge in [0.2, 0.25) is 0 Å². The smallest absolute Gasteiger partial charge is 0.311 e. The highest BCUT2D eigenvalue weighted by Gasteiger charge is 2.05. The first-order valence-electron chi connectivity index (χ1n) is 6.50. The van der Waals surface area contributed by atoms with Crippen LogP contribution in [0.4, 0.5) is 0 Å². The second-order valence-electron chi connectivity index (χ2n) is 4.40. The zero-order valence-electron chi connectivity index (χ0n) is 10.9. The van der Waals surface area contributed by atoms with Crippen molar-refractivity contribution in [3.8, 4) is 5.75 Å². The van der Waals surface area contributed by atoms with Gasteiger partial charge in [-0.15, -0.1) is 0 Å². The molecule has 17 heavy (non-hydrogen) atoms. The number of hydrogen-bond donors (Lipinski definition) is 0. The van der Waals surface area contributed by atoms with Gasteiger partial charge in [0.1, 0.15) is 5.75 Å². The van der Waals surface area contributed by atoms with E-state index in [0.29, 0.717) is 12.2 Å². The summed E-state index contributed by atoms with van der Waals surface area (Å²) in [6.45, 7) is 4.14. The van der Waals surface area contributed by atoms with Crippen LogP contribution < -0.4 is 4.74 Å². The molecule has 1 rings (SSSR count). The van der Waals surface area contributed by atoms with E-state index in [1.165, 1.54) is 19.3 Å². The van der Waals surface area contributed by atoms with Crippen molar-refractivity contribution in [1.29, 1.82) is 0 Å². The van der Waals surface area contributed by atoms with Crippen LogP contribution in [0.3, 0.4) is 0 Å². The van der Waals surface area contributed by atoms with Crippen molar-refractivity contribution in [2.24, 2.45) is 0 Å². The highest BCUT2D eigenvalue weighted by molar-refractivity contribution is 5.72. The standard InChI is InChI=1S/C15H22O2/c1-3-4-5-6-7-12-15(16)17-14-11-9-8-10-13(14)2/h8-11H,3-7,12H2,1-2H3. The first-order valence-corrected chi connectivity index (χ1v) is 6.50. The Morgan fingerprint density at radius 3 is 2.53 bits per heavy atom. The van der Waals surface area contributed by atoms with Gasteiger partial charge < -0.3 is 4.74 Å².